The van der Waals surface area contributed by atoms with E-state index in [0.29, 0.717) is 0 Å². The highest BCUT2D eigenvalue weighted by atomic mass is 79.9. The fourth-order valence-electron chi connectivity index (χ4n) is 2.37. The monoisotopic (exact) mass is 318 g/mol. The zero-order valence-electron chi connectivity index (χ0n) is 10.7. The van der Waals surface area contributed by atoms with E-state index in [-0.39, 0.29) is 12.5 Å². The van der Waals surface area contributed by atoms with Crippen LogP contribution in [0.1, 0.15) is 29.5 Å². The second kappa shape index (κ2) is 4.99. The van der Waals surface area contributed by atoms with Gasteiger partial charge in [0.05, 0.1) is 4.47 Å². The van der Waals surface area contributed by atoms with Gasteiger partial charge in [0.1, 0.15) is 11.5 Å². The van der Waals surface area contributed by atoms with Crippen molar-refractivity contribution < 1.29 is 9.84 Å². The molecule has 1 atom stereocenters. The van der Waals surface area contributed by atoms with Crippen molar-refractivity contribution in [3.8, 4) is 11.5 Å². The van der Waals surface area contributed by atoms with E-state index < -0.39 is 0 Å². The van der Waals surface area contributed by atoms with E-state index in [2.05, 4.69) is 28.1 Å². The van der Waals surface area contributed by atoms with Crippen LogP contribution >= 0.6 is 15.9 Å². The third kappa shape index (κ3) is 2.28. The van der Waals surface area contributed by atoms with Gasteiger partial charge in [0.15, 0.2) is 0 Å². The van der Waals surface area contributed by atoms with Crippen LogP contribution in [0, 0.1) is 0 Å². The summed E-state index contributed by atoms with van der Waals surface area (Å²) in [6.07, 6.45) is 0.871. The van der Waals surface area contributed by atoms with E-state index in [1.807, 2.05) is 31.2 Å². The standard InChI is InChI=1S/C16H15BrO2/c1-10(9-18)12-7-13-6-11-4-2-3-5-15(11)19-16(13)14(17)8-12/h2-5,7-8,10,18H,6,9H2,1H3. The summed E-state index contributed by atoms with van der Waals surface area (Å²) in [7, 11) is 0. The van der Waals surface area contributed by atoms with Gasteiger partial charge in [0.2, 0.25) is 0 Å². The molecule has 1 N–H and O–H groups in total. The third-order valence-electron chi connectivity index (χ3n) is 3.55. The molecule has 0 aromatic heterocycles. The number of hydrogen-bond donors (Lipinski definition) is 1. The molecule has 2 aromatic rings. The highest BCUT2D eigenvalue weighted by Gasteiger charge is 2.20. The normalized spacial score (nSPS) is 14.3. The van der Waals surface area contributed by atoms with Crippen molar-refractivity contribution in [2.24, 2.45) is 0 Å². The molecule has 3 rings (SSSR count). The summed E-state index contributed by atoms with van der Waals surface area (Å²) in [6.45, 7) is 2.18. The summed E-state index contributed by atoms with van der Waals surface area (Å²) in [6, 6.07) is 12.3. The lowest BCUT2D eigenvalue weighted by atomic mass is 9.94. The van der Waals surface area contributed by atoms with Crippen LogP contribution in [0.25, 0.3) is 0 Å². The van der Waals surface area contributed by atoms with Crippen molar-refractivity contribution in [1.29, 1.82) is 0 Å². The van der Waals surface area contributed by atoms with Crippen LogP contribution in [-0.2, 0) is 6.42 Å². The molecular weight excluding hydrogens is 304 g/mol. The van der Waals surface area contributed by atoms with E-state index in [1.165, 1.54) is 11.1 Å². The van der Waals surface area contributed by atoms with Gasteiger partial charge in [-0.1, -0.05) is 31.2 Å². The fourth-order valence-corrected chi connectivity index (χ4v) is 2.97. The number of ether oxygens (including phenoxy) is 1. The summed E-state index contributed by atoms with van der Waals surface area (Å²) < 4.78 is 6.92. The van der Waals surface area contributed by atoms with Crippen molar-refractivity contribution in [2.45, 2.75) is 19.3 Å². The van der Waals surface area contributed by atoms with Gasteiger partial charge in [-0.15, -0.1) is 0 Å². The maximum Gasteiger partial charge on any atom is 0.145 e. The lowest BCUT2D eigenvalue weighted by Crippen LogP contribution is -2.06. The Bertz CT molecular complexity index is 622. The first kappa shape index (κ1) is 12.7. The molecule has 2 nitrogen and oxygen atoms in total. The Morgan fingerprint density at radius 3 is 2.84 bits per heavy atom. The molecule has 1 aliphatic heterocycles. The molecule has 3 heteroatoms. The predicted molar refractivity (Wildman–Crippen MR) is 79.0 cm³/mol. The second-order valence-electron chi connectivity index (χ2n) is 4.96. The molecule has 0 bridgehead atoms. The molecule has 0 aliphatic carbocycles. The van der Waals surface area contributed by atoms with Crippen molar-refractivity contribution in [1.82, 2.24) is 0 Å². The summed E-state index contributed by atoms with van der Waals surface area (Å²) in [4.78, 5) is 0. The Kier molecular flexibility index (Phi) is 3.33. The number of rotatable bonds is 2. The molecule has 98 valence electrons. The van der Waals surface area contributed by atoms with Gasteiger partial charge >= 0.3 is 0 Å². The Morgan fingerprint density at radius 2 is 2.05 bits per heavy atom. The highest BCUT2D eigenvalue weighted by Crippen LogP contribution is 2.42. The quantitative estimate of drug-likeness (QED) is 0.765. The molecular formula is C16H15BrO2. The SMILES string of the molecule is CC(CO)c1cc(Br)c2c(c1)Cc1ccccc1O2. The summed E-state index contributed by atoms with van der Waals surface area (Å²) in [5.74, 6) is 1.96. The van der Waals surface area contributed by atoms with E-state index in [1.54, 1.807) is 0 Å². The van der Waals surface area contributed by atoms with Gasteiger partial charge < -0.3 is 9.84 Å². The van der Waals surface area contributed by atoms with Crippen LogP contribution in [0.5, 0.6) is 11.5 Å². The summed E-state index contributed by atoms with van der Waals surface area (Å²) >= 11 is 3.58. The van der Waals surface area contributed by atoms with Crippen LogP contribution < -0.4 is 4.74 Å². The number of aliphatic hydroxyl groups excluding tert-OH is 1. The number of fused-ring (bicyclic) bond motifs is 2. The molecule has 0 radical (unpaired) electrons. The first-order chi connectivity index (χ1) is 9.19. The van der Waals surface area contributed by atoms with E-state index in [4.69, 9.17) is 4.74 Å². The number of aliphatic hydroxyl groups is 1. The largest absolute Gasteiger partial charge is 0.456 e. The zero-order chi connectivity index (χ0) is 13.4. The maximum absolute atomic E-state index is 9.29. The van der Waals surface area contributed by atoms with Crippen LogP contribution in [0.15, 0.2) is 40.9 Å². The van der Waals surface area contributed by atoms with Crippen LogP contribution in [-0.4, -0.2) is 11.7 Å². The highest BCUT2D eigenvalue weighted by molar-refractivity contribution is 9.10. The number of halogens is 1. The average molecular weight is 319 g/mol. The fraction of sp³-hybridized carbons (Fsp3) is 0.250. The molecule has 0 amide bonds. The molecule has 2 aromatic carbocycles. The Balaban J connectivity index is 2.06. The van der Waals surface area contributed by atoms with Crippen molar-refractivity contribution >= 4 is 15.9 Å². The number of hydrogen-bond acceptors (Lipinski definition) is 2. The molecule has 0 saturated carbocycles. The molecule has 0 saturated heterocycles. The molecule has 19 heavy (non-hydrogen) atoms. The molecule has 1 heterocycles. The van der Waals surface area contributed by atoms with Gasteiger partial charge in [0.25, 0.3) is 0 Å². The lowest BCUT2D eigenvalue weighted by molar-refractivity contribution is 0.273. The molecule has 1 aliphatic rings. The second-order valence-corrected chi connectivity index (χ2v) is 5.82. The minimum Gasteiger partial charge on any atom is -0.456 e. The molecule has 0 spiro atoms. The van der Waals surface area contributed by atoms with Crippen LogP contribution in [0.3, 0.4) is 0 Å². The van der Waals surface area contributed by atoms with Gasteiger partial charge in [0, 0.05) is 24.5 Å². The summed E-state index contributed by atoms with van der Waals surface area (Å²) in [5, 5.41) is 9.29. The van der Waals surface area contributed by atoms with Gasteiger partial charge in [-0.05, 0) is 39.2 Å². The van der Waals surface area contributed by atoms with E-state index in [0.717, 1.165) is 28.0 Å². The van der Waals surface area contributed by atoms with Crippen LogP contribution in [0.2, 0.25) is 0 Å². The average Bonchev–Trinajstić information content (AvgIpc) is 2.44. The van der Waals surface area contributed by atoms with Gasteiger partial charge in [-0.25, -0.2) is 0 Å². The first-order valence-corrected chi connectivity index (χ1v) is 7.17. The minimum absolute atomic E-state index is 0.138. The first-order valence-electron chi connectivity index (χ1n) is 6.38. The topological polar surface area (TPSA) is 29.5 Å². The van der Waals surface area contributed by atoms with Crippen molar-refractivity contribution in [3.63, 3.8) is 0 Å². The molecule has 1 unspecified atom stereocenters. The van der Waals surface area contributed by atoms with Crippen LogP contribution in [0.4, 0.5) is 0 Å². The number of benzene rings is 2. The summed E-state index contributed by atoms with van der Waals surface area (Å²) in [5.41, 5.74) is 3.51. The van der Waals surface area contributed by atoms with Gasteiger partial charge in [-0.3, -0.25) is 0 Å². The lowest BCUT2D eigenvalue weighted by Gasteiger charge is -2.23. The Hall–Kier alpha value is -1.32. The Labute approximate surface area is 121 Å². The molecule has 0 fully saturated rings. The maximum atomic E-state index is 9.29. The zero-order valence-corrected chi connectivity index (χ0v) is 12.3. The van der Waals surface area contributed by atoms with Gasteiger partial charge in [-0.2, -0.15) is 0 Å². The Morgan fingerprint density at radius 1 is 1.26 bits per heavy atom. The number of para-hydroxylation sites is 1. The van der Waals surface area contributed by atoms with Crippen molar-refractivity contribution in [3.05, 3.63) is 57.6 Å². The predicted octanol–water partition coefficient (Wildman–Crippen LogP) is 4.24. The van der Waals surface area contributed by atoms with E-state index >= 15 is 0 Å². The third-order valence-corrected chi connectivity index (χ3v) is 4.14. The van der Waals surface area contributed by atoms with Crippen molar-refractivity contribution in [2.75, 3.05) is 6.61 Å². The minimum atomic E-state index is 0.138. The smallest absolute Gasteiger partial charge is 0.145 e. The van der Waals surface area contributed by atoms with E-state index in [9.17, 15) is 5.11 Å².